The van der Waals surface area contributed by atoms with E-state index in [-0.39, 0.29) is 23.4 Å². The maximum atomic E-state index is 13.8. The number of H-pyrrole nitrogens is 1. The lowest BCUT2D eigenvalue weighted by molar-refractivity contribution is 0.628. The van der Waals surface area contributed by atoms with Crippen LogP contribution in [0.25, 0.3) is 22.2 Å². The van der Waals surface area contributed by atoms with Crippen molar-refractivity contribution in [3.8, 4) is 11.1 Å². The summed E-state index contributed by atoms with van der Waals surface area (Å²) in [4.78, 5) is 30.6. The van der Waals surface area contributed by atoms with E-state index in [9.17, 15) is 14.0 Å². The molecular weight excluding hydrogens is 381 g/mol. The third kappa shape index (κ3) is 2.42. The number of aromatic nitrogens is 3. The lowest BCUT2D eigenvalue weighted by Gasteiger charge is -2.16. The Hall–Kier alpha value is -2.52. The van der Waals surface area contributed by atoms with Gasteiger partial charge in [0, 0.05) is 34.8 Å². The molecule has 124 valence electrons. The molecule has 0 aliphatic heterocycles. The normalized spacial score (nSPS) is 11.2. The van der Waals surface area contributed by atoms with Crippen LogP contribution in [-0.2, 0) is 13.6 Å². The molecule has 0 bridgehead atoms. The topological polar surface area (TPSA) is 120 Å². The Kier molecular flexibility index (Phi) is 3.98. The Morgan fingerprint density at radius 3 is 2.75 bits per heavy atom. The summed E-state index contributed by atoms with van der Waals surface area (Å²) in [6, 6.07) is 4.06. The minimum Gasteiger partial charge on any atom is -0.383 e. The van der Waals surface area contributed by atoms with E-state index >= 15 is 0 Å². The van der Waals surface area contributed by atoms with Crippen molar-refractivity contribution >= 4 is 32.8 Å². The average molecular weight is 394 g/mol. The van der Waals surface area contributed by atoms with Crippen LogP contribution in [0.4, 0.5) is 10.2 Å². The van der Waals surface area contributed by atoms with Crippen molar-refractivity contribution in [2.75, 3.05) is 5.73 Å². The number of rotatable bonds is 2. The average Bonchev–Trinajstić information content (AvgIpc) is 2.54. The van der Waals surface area contributed by atoms with E-state index in [0.29, 0.717) is 21.2 Å². The predicted octanol–water partition coefficient (Wildman–Crippen LogP) is 1.23. The van der Waals surface area contributed by atoms with Gasteiger partial charge in [0.1, 0.15) is 11.6 Å². The van der Waals surface area contributed by atoms with Gasteiger partial charge in [-0.1, -0.05) is 15.9 Å². The summed E-state index contributed by atoms with van der Waals surface area (Å²) in [5, 5.41) is 0.123. The fourth-order valence-electron chi connectivity index (χ4n) is 2.62. The summed E-state index contributed by atoms with van der Waals surface area (Å²) in [6.07, 6.45) is 0. The summed E-state index contributed by atoms with van der Waals surface area (Å²) < 4.78 is 15.5. The molecule has 0 amide bonds. The summed E-state index contributed by atoms with van der Waals surface area (Å²) in [6.45, 7) is -0.00462. The second kappa shape index (κ2) is 5.84. The first-order valence-corrected chi connectivity index (χ1v) is 7.71. The molecule has 1 aromatic carbocycles. The van der Waals surface area contributed by atoms with Gasteiger partial charge in [-0.2, -0.15) is 0 Å². The molecule has 0 unspecified atom stereocenters. The van der Waals surface area contributed by atoms with Crippen molar-refractivity contribution in [1.29, 1.82) is 0 Å². The smallest absolute Gasteiger partial charge is 0.329 e. The van der Waals surface area contributed by atoms with E-state index in [1.807, 2.05) is 0 Å². The quantitative estimate of drug-likeness (QED) is 0.604. The maximum absolute atomic E-state index is 13.8. The second-order valence-electron chi connectivity index (χ2n) is 5.20. The van der Waals surface area contributed by atoms with Gasteiger partial charge in [-0.3, -0.25) is 14.3 Å². The molecule has 3 rings (SSSR count). The van der Waals surface area contributed by atoms with Gasteiger partial charge in [-0.05, 0) is 18.2 Å². The Labute approximate surface area is 143 Å². The van der Waals surface area contributed by atoms with Gasteiger partial charge in [0.15, 0.2) is 5.65 Å². The van der Waals surface area contributed by atoms with Crippen LogP contribution in [0, 0.1) is 5.82 Å². The Morgan fingerprint density at radius 2 is 2.08 bits per heavy atom. The van der Waals surface area contributed by atoms with Crippen LogP contribution < -0.4 is 22.7 Å². The molecule has 0 spiro atoms. The summed E-state index contributed by atoms with van der Waals surface area (Å²) >= 11 is 3.35. The van der Waals surface area contributed by atoms with E-state index in [2.05, 4.69) is 25.9 Å². The number of nitrogens with one attached hydrogen (secondary N) is 1. The molecule has 3 aromatic rings. The highest BCUT2D eigenvalue weighted by Crippen LogP contribution is 2.36. The van der Waals surface area contributed by atoms with E-state index in [1.165, 1.54) is 29.8 Å². The molecule has 24 heavy (non-hydrogen) atoms. The number of fused-ring (bicyclic) bond motifs is 1. The van der Waals surface area contributed by atoms with E-state index < -0.39 is 17.1 Å². The fraction of sp³-hybridized carbons (Fsp3) is 0.133. The first-order chi connectivity index (χ1) is 11.3. The fourth-order valence-corrected chi connectivity index (χ4v) is 3.06. The molecule has 0 radical (unpaired) electrons. The molecular formula is C15H13BrFN5O2. The van der Waals surface area contributed by atoms with Crippen LogP contribution in [0.2, 0.25) is 0 Å². The third-order valence-electron chi connectivity index (χ3n) is 3.78. The van der Waals surface area contributed by atoms with Gasteiger partial charge in [-0.15, -0.1) is 0 Å². The van der Waals surface area contributed by atoms with Crippen molar-refractivity contribution in [3.05, 3.63) is 54.9 Å². The number of nitrogen functional groups attached to an aromatic ring is 1. The first kappa shape index (κ1) is 16.3. The van der Waals surface area contributed by atoms with E-state index in [4.69, 9.17) is 11.5 Å². The number of nitrogens with two attached hydrogens (primary N) is 2. The lowest BCUT2D eigenvalue weighted by atomic mass is 9.97. The number of aromatic amines is 1. The van der Waals surface area contributed by atoms with Crippen LogP contribution in [0.15, 0.2) is 32.3 Å². The Morgan fingerprint density at radius 1 is 1.38 bits per heavy atom. The molecule has 0 atom stereocenters. The third-order valence-corrected chi connectivity index (χ3v) is 4.47. The van der Waals surface area contributed by atoms with Crippen molar-refractivity contribution in [3.63, 3.8) is 0 Å². The number of nitrogens with zero attached hydrogens (tertiary/aromatic N) is 2. The molecule has 0 fully saturated rings. The number of pyridine rings is 1. The molecule has 7 nitrogen and oxygen atoms in total. The van der Waals surface area contributed by atoms with Crippen molar-refractivity contribution < 1.29 is 4.39 Å². The number of hydrogen-bond acceptors (Lipinski definition) is 5. The van der Waals surface area contributed by atoms with Gasteiger partial charge in [0.2, 0.25) is 0 Å². The Bertz CT molecular complexity index is 1090. The molecule has 0 saturated carbocycles. The summed E-state index contributed by atoms with van der Waals surface area (Å²) in [5.41, 5.74) is 11.7. The van der Waals surface area contributed by atoms with Crippen molar-refractivity contribution in [1.82, 2.24) is 14.5 Å². The minimum absolute atomic E-state index is 0.00462. The van der Waals surface area contributed by atoms with Crippen LogP contribution in [0.5, 0.6) is 0 Å². The molecule has 0 aliphatic rings. The monoisotopic (exact) mass is 393 g/mol. The zero-order valence-corrected chi connectivity index (χ0v) is 14.1. The van der Waals surface area contributed by atoms with Gasteiger partial charge < -0.3 is 11.5 Å². The standard InChI is InChI=1S/C15H13BrFN5O2/c1-22-13-11(14(23)21-15(22)24)10(8(5-18)12(19)20-13)7-4-6(17)2-3-9(7)16/h2-4H,5,18H2,1H3,(H2,19,20)(H,21,23,24). The summed E-state index contributed by atoms with van der Waals surface area (Å²) in [7, 11) is 1.46. The van der Waals surface area contributed by atoms with E-state index in [0.717, 1.165) is 0 Å². The zero-order chi connectivity index (χ0) is 17.6. The highest BCUT2D eigenvalue weighted by atomic mass is 79.9. The largest absolute Gasteiger partial charge is 0.383 e. The maximum Gasteiger partial charge on any atom is 0.329 e. The second-order valence-corrected chi connectivity index (χ2v) is 6.05. The highest BCUT2D eigenvalue weighted by molar-refractivity contribution is 9.10. The highest BCUT2D eigenvalue weighted by Gasteiger charge is 2.21. The minimum atomic E-state index is -0.638. The number of hydrogen-bond donors (Lipinski definition) is 3. The molecule has 0 saturated heterocycles. The predicted molar refractivity (Wildman–Crippen MR) is 93.0 cm³/mol. The lowest BCUT2D eigenvalue weighted by Crippen LogP contribution is -2.30. The van der Waals surface area contributed by atoms with Crippen LogP contribution in [-0.4, -0.2) is 14.5 Å². The number of aryl methyl sites for hydroxylation is 1. The molecule has 5 N–H and O–H groups in total. The van der Waals surface area contributed by atoms with Gasteiger partial charge in [-0.25, -0.2) is 14.2 Å². The van der Waals surface area contributed by atoms with Crippen molar-refractivity contribution in [2.24, 2.45) is 12.8 Å². The van der Waals surface area contributed by atoms with Crippen molar-refractivity contribution in [2.45, 2.75) is 6.54 Å². The summed E-state index contributed by atoms with van der Waals surface area (Å²) in [5.74, 6) is -0.405. The number of anilines is 1. The SMILES string of the molecule is Cn1c(=O)[nH]c(=O)c2c(-c3cc(F)ccc3Br)c(CN)c(N)nc21. The molecule has 9 heteroatoms. The Balaban J connectivity index is 2.64. The van der Waals surface area contributed by atoms with Crippen LogP contribution >= 0.6 is 15.9 Å². The number of halogens is 2. The van der Waals surface area contributed by atoms with Gasteiger partial charge in [0.05, 0.1) is 5.39 Å². The number of benzene rings is 1. The van der Waals surface area contributed by atoms with E-state index in [1.54, 1.807) is 0 Å². The zero-order valence-electron chi connectivity index (χ0n) is 12.6. The molecule has 0 aliphatic carbocycles. The first-order valence-electron chi connectivity index (χ1n) is 6.92. The molecule has 2 heterocycles. The van der Waals surface area contributed by atoms with Crippen LogP contribution in [0.3, 0.4) is 0 Å². The molecule has 2 aromatic heterocycles. The van der Waals surface area contributed by atoms with Gasteiger partial charge in [0.25, 0.3) is 5.56 Å². The van der Waals surface area contributed by atoms with Crippen LogP contribution in [0.1, 0.15) is 5.56 Å². The van der Waals surface area contributed by atoms with Gasteiger partial charge >= 0.3 is 5.69 Å².